The Morgan fingerprint density at radius 3 is 2.88 bits per heavy atom. The third-order valence-corrected chi connectivity index (χ3v) is 1.12. The molecule has 44 valence electrons. The Kier molecular flexibility index (Phi) is 1.38. The summed E-state index contributed by atoms with van der Waals surface area (Å²) in [6, 6.07) is 0. The molecule has 0 aromatic heterocycles. The van der Waals surface area contributed by atoms with Crippen molar-refractivity contribution in [2.24, 2.45) is 0 Å². The first-order chi connectivity index (χ1) is 3.79. The van der Waals surface area contributed by atoms with E-state index in [0.717, 1.165) is 0 Å². The summed E-state index contributed by atoms with van der Waals surface area (Å²) in [6.45, 7) is 0. The van der Waals surface area contributed by atoms with Crippen molar-refractivity contribution in [1.29, 1.82) is 0 Å². The molecule has 1 aliphatic rings. The van der Waals surface area contributed by atoms with Crippen LogP contribution in [0, 0.1) is 0 Å². The summed E-state index contributed by atoms with van der Waals surface area (Å²) in [7, 11) is 0. The minimum absolute atomic E-state index is 0.246. The van der Waals surface area contributed by atoms with E-state index < -0.39 is 6.10 Å². The predicted molar refractivity (Wildman–Crippen MR) is 29.5 cm³/mol. The molecule has 2 N–H and O–H groups in total. The Balaban J connectivity index is 2.69. The summed E-state index contributed by atoms with van der Waals surface area (Å²) in [6.07, 6.45) is 2.25. The van der Waals surface area contributed by atoms with Crippen LogP contribution in [0.1, 0.15) is 12.8 Å². The molecule has 0 radical (unpaired) electrons. The van der Waals surface area contributed by atoms with Crippen LogP contribution >= 0.6 is 0 Å². The van der Waals surface area contributed by atoms with Gasteiger partial charge in [-0.05, 0) is 12.5 Å². The molecule has 0 aromatic carbocycles. The lowest BCUT2D eigenvalue weighted by Crippen LogP contribution is -2.04. The van der Waals surface area contributed by atoms with Crippen molar-refractivity contribution in [3.8, 4) is 0 Å². The fraction of sp³-hybridized carbons (Fsp3) is 0.500. The van der Waals surface area contributed by atoms with Crippen LogP contribution in [-0.2, 0) is 0 Å². The molecule has 0 fully saturated rings. The third-order valence-electron chi connectivity index (χ3n) is 1.12. The summed E-state index contributed by atoms with van der Waals surface area (Å²) in [4.78, 5) is 0. The normalized spacial score (nSPS) is 27.6. The van der Waals surface area contributed by atoms with E-state index in [1.807, 2.05) is 0 Å². The van der Waals surface area contributed by atoms with Crippen molar-refractivity contribution >= 4 is 0 Å². The van der Waals surface area contributed by atoms with E-state index in [2.05, 4.69) is 5.73 Å². The van der Waals surface area contributed by atoms with Gasteiger partial charge in [-0.2, -0.15) is 0 Å². The van der Waals surface area contributed by atoms with Gasteiger partial charge in [0.05, 0.1) is 6.10 Å². The molecule has 1 rings (SSSR count). The molecule has 0 saturated carbocycles. The zero-order valence-electron chi connectivity index (χ0n) is 4.46. The first kappa shape index (κ1) is 5.42. The summed E-state index contributed by atoms with van der Waals surface area (Å²) in [5, 5.41) is 17.5. The quantitative estimate of drug-likeness (QED) is 0.454. The number of aliphatic hydroxyl groups excluding tert-OH is 2. The Labute approximate surface area is 47.8 Å². The third kappa shape index (κ3) is 1.12. The lowest BCUT2D eigenvalue weighted by molar-refractivity contribution is 0.200. The van der Waals surface area contributed by atoms with Gasteiger partial charge in [-0.15, -0.1) is 0 Å². The SMILES string of the molecule is OC1=C=CC(O)CC1. The van der Waals surface area contributed by atoms with Crippen molar-refractivity contribution in [1.82, 2.24) is 0 Å². The van der Waals surface area contributed by atoms with Crippen LogP contribution in [0.5, 0.6) is 0 Å². The predicted octanol–water partition coefficient (Wildman–Crippen LogP) is 0.738. The molecule has 1 unspecified atom stereocenters. The second-order valence-corrected chi connectivity index (χ2v) is 1.86. The van der Waals surface area contributed by atoms with Gasteiger partial charge in [-0.25, -0.2) is 0 Å². The average Bonchev–Trinajstić information content (AvgIpc) is 1.77. The zero-order chi connectivity index (χ0) is 5.98. The molecule has 0 aliphatic heterocycles. The highest BCUT2D eigenvalue weighted by molar-refractivity contribution is 5.00. The molecule has 0 spiro atoms. The maximum absolute atomic E-state index is 8.78. The molecule has 0 bridgehead atoms. The van der Waals surface area contributed by atoms with E-state index in [1.165, 1.54) is 6.08 Å². The van der Waals surface area contributed by atoms with Gasteiger partial charge in [0, 0.05) is 6.42 Å². The van der Waals surface area contributed by atoms with Crippen molar-refractivity contribution in [3.05, 3.63) is 17.6 Å². The van der Waals surface area contributed by atoms with Crippen molar-refractivity contribution in [3.63, 3.8) is 0 Å². The molecule has 1 aliphatic carbocycles. The molecule has 2 nitrogen and oxygen atoms in total. The lowest BCUT2D eigenvalue weighted by Gasteiger charge is -2.05. The van der Waals surface area contributed by atoms with Gasteiger partial charge >= 0.3 is 0 Å². The smallest absolute Gasteiger partial charge is 0.135 e. The van der Waals surface area contributed by atoms with Crippen molar-refractivity contribution < 1.29 is 10.2 Å². The van der Waals surface area contributed by atoms with Gasteiger partial charge < -0.3 is 10.2 Å². The number of aliphatic hydroxyl groups is 2. The van der Waals surface area contributed by atoms with Crippen LogP contribution in [0.15, 0.2) is 17.6 Å². The largest absolute Gasteiger partial charge is 0.505 e. The van der Waals surface area contributed by atoms with E-state index in [9.17, 15) is 0 Å². The van der Waals surface area contributed by atoms with Gasteiger partial charge in [0.2, 0.25) is 0 Å². The monoisotopic (exact) mass is 112 g/mol. The number of hydrogen-bond donors (Lipinski definition) is 2. The van der Waals surface area contributed by atoms with Crippen LogP contribution in [0.3, 0.4) is 0 Å². The minimum atomic E-state index is -0.397. The molecule has 0 amide bonds. The maximum Gasteiger partial charge on any atom is 0.135 e. The summed E-state index contributed by atoms with van der Waals surface area (Å²) < 4.78 is 0. The van der Waals surface area contributed by atoms with Crippen LogP contribution < -0.4 is 0 Å². The Morgan fingerprint density at radius 1 is 1.75 bits per heavy atom. The standard InChI is InChI=1S/C6H8O2/c7-5-1-2-6(8)4-3-5/h1,5,7-8H,3-4H2. The first-order valence-corrected chi connectivity index (χ1v) is 2.62. The Hall–Kier alpha value is -0.720. The minimum Gasteiger partial charge on any atom is -0.505 e. The van der Waals surface area contributed by atoms with E-state index in [-0.39, 0.29) is 5.76 Å². The van der Waals surface area contributed by atoms with Gasteiger partial charge in [-0.3, -0.25) is 0 Å². The van der Waals surface area contributed by atoms with E-state index in [1.54, 1.807) is 0 Å². The molecule has 2 heteroatoms. The topological polar surface area (TPSA) is 40.5 Å². The highest BCUT2D eigenvalue weighted by atomic mass is 16.3. The maximum atomic E-state index is 8.78. The molecular weight excluding hydrogens is 104 g/mol. The molecule has 0 saturated heterocycles. The molecule has 8 heavy (non-hydrogen) atoms. The van der Waals surface area contributed by atoms with Crippen LogP contribution in [0.25, 0.3) is 0 Å². The average molecular weight is 112 g/mol. The van der Waals surface area contributed by atoms with E-state index in [0.29, 0.717) is 12.8 Å². The van der Waals surface area contributed by atoms with E-state index in [4.69, 9.17) is 10.2 Å². The summed E-state index contributed by atoms with van der Waals surface area (Å²) in [5.74, 6) is 0.246. The van der Waals surface area contributed by atoms with Crippen LogP contribution in [0.4, 0.5) is 0 Å². The second-order valence-electron chi connectivity index (χ2n) is 1.86. The fourth-order valence-electron chi connectivity index (χ4n) is 0.632. The highest BCUT2D eigenvalue weighted by Gasteiger charge is 2.04. The van der Waals surface area contributed by atoms with E-state index >= 15 is 0 Å². The summed E-state index contributed by atoms with van der Waals surface area (Å²) >= 11 is 0. The van der Waals surface area contributed by atoms with Crippen molar-refractivity contribution in [2.75, 3.05) is 0 Å². The van der Waals surface area contributed by atoms with Gasteiger partial charge in [0.25, 0.3) is 0 Å². The number of hydrogen-bond acceptors (Lipinski definition) is 2. The Bertz CT molecular complexity index is 143. The van der Waals surface area contributed by atoms with Gasteiger partial charge in [0.15, 0.2) is 0 Å². The van der Waals surface area contributed by atoms with Crippen molar-refractivity contribution in [2.45, 2.75) is 18.9 Å². The van der Waals surface area contributed by atoms with Crippen LogP contribution in [-0.4, -0.2) is 16.3 Å². The number of rotatable bonds is 0. The highest BCUT2D eigenvalue weighted by Crippen LogP contribution is 2.08. The Morgan fingerprint density at radius 2 is 2.50 bits per heavy atom. The first-order valence-electron chi connectivity index (χ1n) is 2.62. The molecular formula is C6H8O2. The fourth-order valence-corrected chi connectivity index (χ4v) is 0.632. The summed E-state index contributed by atoms with van der Waals surface area (Å²) in [5.41, 5.74) is 2.53. The zero-order valence-corrected chi connectivity index (χ0v) is 4.46. The second kappa shape index (κ2) is 2.03. The van der Waals surface area contributed by atoms with Crippen LogP contribution in [0.2, 0.25) is 0 Å². The molecule has 0 heterocycles. The molecule has 1 atom stereocenters. The molecule has 0 aromatic rings. The van der Waals surface area contributed by atoms with Gasteiger partial charge in [0.1, 0.15) is 5.76 Å². The van der Waals surface area contributed by atoms with Gasteiger partial charge in [-0.1, -0.05) is 5.73 Å². The lowest BCUT2D eigenvalue weighted by atomic mass is 10.1.